The van der Waals surface area contributed by atoms with Gasteiger partial charge in [0.2, 0.25) is 0 Å². The van der Waals surface area contributed by atoms with Crippen LogP contribution in [0.25, 0.3) is 0 Å². The topological polar surface area (TPSA) is 29.1 Å². The number of carbonyl (C=O) groups is 1. The molecule has 1 aromatic carbocycles. The summed E-state index contributed by atoms with van der Waals surface area (Å²) in [5.74, 6) is -4.42. The number of carbonyl (C=O) groups excluding carboxylic acids is 1. The quantitative estimate of drug-likeness (QED) is 0.839. The fourth-order valence-electron chi connectivity index (χ4n) is 2.55. The monoisotopic (exact) mass is 271 g/mol. The van der Waals surface area contributed by atoms with Gasteiger partial charge >= 0.3 is 0 Å². The molecule has 1 unspecified atom stereocenters. The first-order valence-electron chi connectivity index (χ1n) is 6.44. The number of benzene rings is 1. The third-order valence-corrected chi connectivity index (χ3v) is 3.71. The molecule has 2 nitrogen and oxygen atoms in total. The van der Waals surface area contributed by atoms with Crippen molar-refractivity contribution in [1.82, 2.24) is 5.32 Å². The summed E-state index contributed by atoms with van der Waals surface area (Å²) in [6, 6.07) is 1.38. The Kier molecular flexibility index (Phi) is 4.12. The lowest BCUT2D eigenvalue weighted by molar-refractivity contribution is 0.0926. The van der Waals surface area contributed by atoms with Crippen molar-refractivity contribution < 1.29 is 18.0 Å². The number of amides is 1. The van der Waals surface area contributed by atoms with Gasteiger partial charge in [-0.2, -0.15) is 0 Å². The normalized spacial score (nSPS) is 17.5. The van der Waals surface area contributed by atoms with Crippen LogP contribution < -0.4 is 5.32 Å². The van der Waals surface area contributed by atoms with Gasteiger partial charge < -0.3 is 5.32 Å². The molecular weight excluding hydrogens is 255 g/mol. The van der Waals surface area contributed by atoms with E-state index >= 15 is 0 Å². The molecule has 0 spiro atoms. The summed E-state index contributed by atoms with van der Waals surface area (Å²) < 4.78 is 38.9. The molecule has 0 heterocycles. The maximum Gasteiger partial charge on any atom is 0.251 e. The van der Waals surface area contributed by atoms with Gasteiger partial charge in [-0.25, -0.2) is 13.2 Å². The van der Waals surface area contributed by atoms with Gasteiger partial charge in [-0.1, -0.05) is 12.8 Å². The third kappa shape index (κ3) is 3.08. The SMILES string of the molecule is CC(NC(=O)c1cc(F)c(F)c(F)c1)C1CCCC1. The molecule has 1 aromatic rings. The molecule has 0 bridgehead atoms. The molecule has 1 saturated carbocycles. The maximum atomic E-state index is 13.0. The van der Waals surface area contributed by atoms with Gasteiger partial charge in [-0.15, -0.1) is 0 Å². The Morgan fingerprint density at radius 2 is 1.74 bits per heavy atom. The molecule has 1 atom stereocenters. The van der Waals surface area contributed by atoms with Crippen LogP contribution in [-0.4, -0.2) is 11.9 Å². The molecule has 2 rings (SSSR count). The van der Waals surface area contributed by atoms with Crippen molar-refractivity contribution in [3.63, 3.8) is 0 Å². The summed E-state index contributed by atoms with van der Waals surface area (Å²) in [5.41, 5.74) is -0.193. The van der Waals surface area contributed by atoms with Crippen LogP contribution in [0.4, 0.5) is 13.2 Å². The Balaban J connectivity index is 2.07. The molecule has 0 saturated heterocycles. The smallest absolute Gasteiger partial charge is 0.251 e. The van der Waals surface area contributed by atoms with Crippen LogP contribution in [-0.2, 0) is 0 Å². The number of rotatable bonds is 3. The van der Waals surface area contributed by atoms with Gasteiger partial charge in [-0.05, 0) is 37.8 Å². The maximum absolute atomic E-state index is 13.0. The van der Waals surface area contributed by atoms with Crippen LogP contribution in [0.5, 0.6) is 0 Å². The van der Waals surface area contributed by atoms with E-state index in [4.69, 9.17) is 0 Å². The standard InChI is InChI=1S/C14H16F3NO/c1-8(9-4-2-3-5-9)18-14(19)10-6-11(15)13(17)12(16)7-10/h6-9H,2-5H2,1H3,(H,18,19). The Hall–Kier alpha value is -1.52. The van der Waals surface area contributed by atoms with Gasteiger partial charge in [-0.3, -0.25) is 4.79 Å². The summed E-state index contributed by atoms with van der Waals surface area (Å²) in [7, 11) is 0. The first kappa shape index (κ1) is 13.9. The highest BCUT2D eigenvalue weighted by atomic mass is 19.2. The van der Waals surface area contributed by atoms with Crippen LogP contribution in [0.15, 0.2) is 12.1 Å². The molecule has 104 valence electrons. The van der Waals surface area contributed by atoms with Gasteiger partial charge in [0, 0.05) is 11.6 Å². The Labute approximate surface area is 110 Å². The van der Waals surface area contributed by atoms with Crippen molar-refractivity contribution in [3.05, 3.63) is 35.1 Å². The number of hydrogen-bond acceptors (Lipinski definition) is 1. The highest BCUT2D eigenvalue weighted by molar-refractivity contribution is 5.94. The van der Waals surface area contributed by atoms with Gasteiger partial charge in [0.25, 0.3) is 5.91 Å². The summed E-state index contributed by atoms with van der Waals surface area (Å²) in [5, 5.41) is 2.72. The van der Waals surface area contributed by atoms with Crippen molar-refractivity contribution in [2.45, 2.75) is 38.6 Å². The molecule has 1 amide bonds. The second kappa shape index (κ2) is 5.63. The minimum absolute atomic E-state index is 0.0498. The van der Waals surface area contributed by atoms with E-state index in [0.717, 1.165) is 37.8 Å². The van der Waals surface area contributed by atoms with Crippen LogP contribution in [0.2, 0.25) is 0 Å². The molecule has 19 heavy (non-hydrogen) atoms. The van der Waals surface area contributed by atoms with E-state index in [1.807, 2.05) is 6.92 Å². The van der Waals surface area contributed by atoms with E-state index in [1.54, 1.807) is 0 Å². The molecular formula is C14H16F3NO. The highest BCUT2D eigenvalue weighted by Crippen LogP contribution is 2.27. The van der Waals surface area contributed by atoms with Crippen LogP contribution in [0.1, 0.15) is 43.0 Å². The molecule has 0 radical (unpaired) electrons. The largest absolute Gasteiger partial charge is 0.349 e. The summed E-state index contributed by atoms with van der Waals surface area (Å²) in [6.45, 7) is 1.88. The Bertz CT molecular complexity index is 461. The van der Waals surface area contributed by atoms with Gasteiger partial charge in [0.15, 0.2) is 17.5 Å². The Morgan fingerprint density at radius 1 is 1.21 bits per heavy atom. The lowest BCUT2D eigenvalue weighted by atomic mass is 9.99. The highest BCUT2D eigenvalue weighted by Gasteiger charge is 2.24. The van der Waals surface area contributed by atoms with Crippen molar-refractivity contribution in [1.29, 1.82) is 0 Å². The molecule has 1 fully saturated rings. The second-order valence-electron chi connectivity index (χ2n) is 5.06. The molecule has 5 heteroatoms. The van der Waals surface area contributed by atoms with E-state index in [-0.39, 0.29) is 11.6 Å². The Morgan fingerprint density at radius 3 is 2.26 bits per heavy atom. The van der Waals surface area contributed by atoms with Gasteiger partial charge in [0.05, 0.1) is 0 Å². The minimum atomic E-state index is -1.56. The predicted octanol–water partition coefficient (Wildman–Crippen LogP) is 3.41. The minimum Gasteiger partial charge on any atom is -0.349 e. The zero-order valence-corrected chi connectivity index (χ0v) is 10.7. The number of halogens is 3. The molecule has 0 aliphatic heterocycles. The van der Waals surface area contributed by atoms with Crippen LogP contribution in [0, 0.1) is 23.4 Å². The number of hydrogen-bond donors (Lipinski definition) is 1. The van der Waals surface area contributed by atoms with E-state index < -0.39 is 23.4 Å². The average molecular weight is 271 g/mol. The molecule has 1 aliphatic rings. The summed E-state index contributed by atoms with van der Waals surface area (Å²) >= 11 is 0. The molecule has 0 aromatic heterocycles. The first-order valence-corrected chi connectivity index (χ1v) is 6.44. The predicted molar refractivity (Wildman–Crippen MR) is 65.2 cm³/mol. The summed E-state index contributed by atoms with van der Waals surface area (Å²) in [6.07, 6.45) is 4.39. The zero-order chi connectivity index (χ0) is 14.0. The molecule has 1 aliphatic carbocycles. The second-order valence-corrected chi connectivity index (χ2v) is 5.06. The van der Waals surface area contributed by atoms with E-state index in [1.165, 1.54) is 0 Å². The van der Waals surface area contributed by atoms with Crippen LogP contribution >= 0.6 is 0 Å². The third-order valence-electron chi connectivity index (χ3n) is 3.71. The van der Waals surface area contributed by atoms with Crippen molar-refractivity contribution in [2.75, 3.05) is 0 Å². The number of nitrogens with one attached hydrogen (secondary N) is 1. The lowest BCUT2D eigenvalue weighted by Gasteiger charge is -2.20. The van der Waals surface area contributed by atoms with Gasteiger partial charge in [0.1, 0.15) is 0 Å². The van der Waals surface area contributed by atoms with Crippen molar-refractivity contribution in [2.24, 2.45) is 5.92 Å². The van der Waals surface area contributed by atoms with Crippen LogP contribution in [0.3, 0.4) is 0 Å². The average Bonchev–Trinajstić information content (AvgIpc) is 2.89. The molecule has 1 N–H and O–H groups in total. The lowest BCUT2D eigenvalue weighted by Crippen LogP contribution is -2.37. The fraction of sp³-hybridized carbons (Fsp3) is 0.500. The van der Waals surface area contributed by atoms with Crippen molar-refractivity contribution >= 4 is 5.91 Å². The fourth-order valence-corrected chi connectivity index (χ4v) is 2.55. The van der Waals surface area contributed by atoms with E-state index in [0.29, 0.717) is 5.92 Å². The van der Waals surface area contributed by atoms with Crippen molar-refractivity contribution in [3.8, 4) is 0 Å². The van der Waals surface area contributed by atoms with E-state index in [2.05, 4.69) is 5.32 Å². The first-order chi connectivity index (χ1) is 8.99. The zero-order valence-electron chi connectivity index (χ0n) is 10.7. The summed E-state index contributed by atoms with van der Waals surface area (Å²) in [4.78, 5) is 11.9. The van der Waals surface area contributed by atoms with E-state index in [9.17, 15) is 18.0 Å².